The maximum absolute atomic E-state index is 13.2. The molecule has 0 radical (unpaired) electrons. The van der Waals surface area contributed by atoms with E-state index in [1.165, 1.54) is 12.1 Å². The van der Waals surface area contributed by atoms with E-state index < -0.39 is 42.5 Å². The standard InChI is InChI=1S/C21H15ClF3N3O7/c1-33-19(32)28(13-3-5-14(6-4-13)35-21(23,24)25)18(31)27-10-34-20(17(29)30)9-11-8-12(22)2-7-15(11)16(20)26-27/h2-8H,9-10H2,1H3,(H,29,30)/t20-/m0/s1. The van der Waals surface area contributed by atoms with Crippen molar-refractivity contribution in [3.63, 3.8) is 0 Å². The third-order valence-electron chi connectivity index (χ3n) is 5.24. The number of ether oxygens (including phenoxy) is 3. The van der Waals surface area contributed by atoms with Gasteiger partial charge in [0.1, 0.15) is 18.2 Å². The van der Waals surface area contributed by atoms with Crippen LogP contribution in [-0.4, -0.2) is 59.7 Å². The number of nitrogens with zero attached hydrogens (tertiary/aromatic N) is 3. The molecular formula is C21H15ClF3N3O7. The lowest BCUT2D eigenvalue weighted by atomic mass is 9.98. The number of carbonyl (C=O) groups excluding carboxylic acids is 2. The molecule has 1 N–H and O–H groups in total. The number of methoxy groups -OCH3 is 1. The summed E-state index contributed by atoms with van der Waals surface area (Å²) in [6.07, 6.45) is -6.19. The zero-order chi connectivity index (χ0) is 25.5. The number of aliphatic carboxylic acids is 1. The number of hydrogen-bond donors (Lipinski definition) is 1. The van der Waals surface area contributed by atoms with Crippen LogP contribution < -0.4 is 9.64 Å². The van der Waals surface area contributed by atoms with Gasteiger partial charge in [0.2, 0.25) is 5.60 Å². The van der Waals surface area contributed by atoms with Crippen LogP contribution in [0.1, 0.15) is 11.1 Å². The number of halogens is 4. The normalized spacial score (nSPS) is 18.8. The number of urea groups is 1. The van der Waals surface area contributed by atoms with Crippen LogP contribution in [0.15, 0.2) is 47.6 Å². The molecule has 0 spiro atoms. The van der Waals surface area contributed by atoms with Crippen LogP contribution in [0, 0.1) is 0 Å². The number of carbonyl (C=O) groups is 3. The van der Waals surface area contributed by atoms with Crippen molar-refractivity contribution in [3.05, 3.63) is 58.6 Å². The van der Waals surface area contributed by atoms with Gasteiger partial charge in [-0.3, -0.25) is 0 Å². The molecule has 0 unspecified atom stereocenters. The lowest BCUT2D eigenvalue weighted by Crippen LogP contribution is -2.56. The summed E-state index contributed by atoms with van der Waals surface area (Å²) >= 11 is 6.01. The zero-order valence-corrected chi connectivity index (χ0v) is 18.5. The van der Waals surface area contributed by atoms with E-state index >= 15 is 0 Å². The summed E-state index contributed by atoms with van der Waals surface area (Å²) in [5, 5.41) is 15.1. The maximum Gasteiger partial charge on any atom is 0.573 e. The Morgan fingerprint density at radius 1 is 1.20 bits per heavy atom. The van der Waals surface area contributed by atoms with Crippen LogP contribution in [0.5, 0.6) is 5.75 Å². The smallest absolute Gasteiger partial charge is 0.479 e. The van der Waals surface area contributed by atoms with Gasteiger partial charge in [-0.1, -0.05) is 17.7 Å². The Kier molecular flexibility index (Phi) is 6.07. The van der Waals surface area contributed by atoms with E-state index in [-0.39, 0.29) is 17.8 Å². The number of imide groups is 1. The second kappa shape index (κ2) is 8.74. The van der Waals surface area contributed by atoms with Crippen molar-refractivity contribution >= 4 is 41.1 Å². The maximum atomic E-state index is 13.2. The van der Waals surface area contributed by atoms with Gasteiger partial charge in [0.15, 0.2) is 0 Å². The van der Waals surface area contributed by atoms with Crippen LogP contribution in [0.25, 0.3) is 0 Å². The number of carboxylic acids is 1. The molecule has 2 aromatic rings. The van der Waals surface area contributed by atoms with Gasteiger partial charge in [0.25, 0.3) is 0 Å². The number of alkyl halides is 3. The van der Waals surface area contributed by atoms with E-state index in [1.54, 1.807) is 6.07 Å². The molecule has 0 saturated heterocycles. The number of amides is 3. The highest BCUT2D eigenvalue weighted by Gasteiger charge is 2.54. The van der Waals surface area contributed by atoms with Crippen molar-refractivity contribution in [2.45, 2.75) is 18.4 Å². The second-order valence-electron chi connectivity index (χ2n) is 7.36. The summed E-state index contributed by atoms with van der Waals surface area (Å²) in [6, 6.07) is 7.38. The Bertz CT molecular complexity index is 1240. The quantitative estimate of drug-likeness (QED) is 0.659. The highest BCUT2D eigenvalue weighted by molar-refractivity contribution is 6.31. The van der Waals surface area contributed by atoms with Gasteiger partial charge in [-0.25, -0.2) is 14.4 Å². The lowest BCUT2D eigenvalue weighted by molar-refractivity contribution is -0.274. The van der Waals surface area contributed by atoms with Crippen LogP contribution in [0.2, 0.25) is 5.02 Å². The minimum atomic E-state index is -4.93. The molecule has 2 aliphatic rings. The van der Waals surface area contributed by atoms with E-state index in [0.717, 1.165) is 31.4 Å². The van der Waals surface area contributed by atoms with Crippen molar-refractivity contribution < 1.29 is 46.9 Å². The first kappa shape index (κ1) is 24.3. The first-order valence-corrected chi connectivity index (χ1v) is 10.1. The number of hydrazone groups is 1. The second-order valence-corrected chi connectivity index (χ2v) is 7.80. The SMILES string of the molecule is COC(=O)N(C(=O)N1CO[C@@]2(C(=O)O)Cc3cc(Cl)ccc3C2=N1)c1ccc(OC(F)(F)F)cc1. The van der Waals surface area contributed by atoms with Gasteiger partial charge < -0.3 is 19.3 Å². The molecule has 0 fully saturated rings. The summed E-state index contributed by atoms with van der Waals surface area (Å²) < 4.78 is 51.3. The number of fused-ring (bicyclic) bond motifs is 3. The van der Waals surface area contributed by atoms with Gasteiger partial charge in [-0.05, 0) is 42.0 Å². The molecule has 1 aliphatic carbocycles. The number of hydrogen-bond acceptors (Lipinski definition) is 7. The van der Waals surface area contributed by atoms with E-state index in [9.17, 15) is 32.7 Å². The Morgan fingerprint density at radius 3 is 2.49 bits per heavy atom. The third kappa shape index (κ3) is 4.47. The van der Waals surface area contributed by atoms with Gasteiger partial charge in [-0.2, -0.15) is 15.0 Å². The van der Waals surface area contributed by atoms with Gasteiger partial charge >= 0.3 is 24.5 Å². The summed E-state index contributed by atoms with van der Waals surface area (Å²) in [5.74, 6) is -1.91. The molecule has 1 heterocycles. The van der Waals surface area contributed by atoms with E-state index in [0.29, 0.717) is 26.1 Å². The number of benzene rings is 2. The summed E-state index contributed by atoms with van der Waals surface area (Å²) in [4.78, 5) is 38.2. The number of carboxylic acid groups (broad SMARTS) is 1. The van der Waals surface area contributed by atoms with Crippen molar-refractivity contribution in [2.75, 3.05) is 18.7 Å². The summed E-state index contributed by atoms with van der Waals surface area (Å²) in [6.45, 7) is -0.640. The molecule has 3 amide bonds. The average Bonchev–Trinajstić information content (AvgIpc) is 3.13. The minimum Gasteiger partial charge on any atom is -0.479 e. The van der Waals surface area contributed by atoms with Crippen LogP contribution in [0.4, 0.5) is 28.4 Å². The van der Waals surface area contributed by atoms with E-state index in [2.05, 4.69) is 14.6 Å². The highest BCUT2D eigenvalue weighted by Crippen LogP contribution is 2.38. The third-order valence-corrected chi connectivity index (χ3v) is 5.48. The molecule has 2 aromatic carbocycles. The minimum absolute atomic E-state index is 0.0741. The molecule has 0 bridgehead atoms. The lowest BCUT2D eigenvalue weighted by Gasteiger charge is -2.35. The van der Waals surface area contributed by atoms with Gasteiger partial charge in [-0.15, -0.1) is 13.2 Å². The van der Waals surface area contributed by atoms with E-state index in [4.69, 9.17) is 16.3 Å². The van der Waals surface area contributed by atoms with Crippen LogP contribution in [-0.2, 0) is 20.7 Å². The Hall–Kier alpha value is -3.84. The topological polar surface area (TPSA) is 118 Å². The number of anilines is 1. The molecule has 35 heavy (non-hydrogen) atoms. The molecule has 14 heteroatoms. The van der Waals surface area contributed by atoms with Gasteiger partial charge in [0.05, 0.1) is 12.8 Å². The largest absolute Gasteiger partial charge is 0.573 e. The number of rotatable bonds is 3. The molecule has 184 valence electrons. The van der Waals surface area contributed by atoms with Crippen LogP contribution >= 0.6 is 11.6 Å². The first-order chi connectivity index (χ1) is 16.4. The monoisotopic (exact) mass is 513 g/mol. The fourth-order valence-electron chi connectivity index (χ4n) is 3.72. The fraction of sp³-hybridized carbons (Fsp3) is 0.238. The first-order valence-electron chi connectivity index (χ1n) is 9.76. The zero-order valence-electron chi connectivity index (χ0n) is 17.7. The van der Waals surface area contributed by atoms with Crippen molar-refractivity contribution in [3.8, 4) is 5.75 Å². The molecule has 0 saturated carbocycles. The molecular weight excluding hydrogens is 499 g/mol. The fourth-order valence-corrected chi connectivity index (χ4v) is 3.91. The Labute approximate surface area is 200 Å². The van der Waals surface area contributed by atoms with Crippen molar-refractivity contribution in [2.24, 2.45) is 5.10 Å². The average molecular weight is 514 g/mol. The molecule has 10 nitrogen and oxygen atoms in total. The van der Waals surface area contributed by atoms with Crippen molar-refractivity contribution in [1.82, 2.24) is 5.01 Å². The Morgan fingerprint density at radius 2 is 1.89 bits per heavy atom. The summed E-state index contributed by atoms with van der Waals surface area (Å²) in [5.41, 5.74) is -1.16. The molecule has 0 aromatic heterocycles. The van der Waals surface area contributed by atoms with Crippen molar-refractivity contribution in [1.29, 1.82) is 0 Å². The van der Waals surface area contributed by atoms with Crippen LogP contribution in [0.3, 0.4) is 0 Å². The molecule has 4 rings (SSSR count). The predicted molar refractivity (Wildman–Crippen MR) is 113 cm³/mol. The predicted octanol–water partition coefficient (Wildman–Crippen LogP) is 4.00. The molecule has 1 aliphatic heterocycles. The highest BCUT2D eigenvalue weighted by atomic mass is 35.5. The molecule has 1 atom stereocenters. The van der Waals surface area contributed by atoms with E-state index in [1.807, 2.05) is 0 Å². The van der Waals surface area contributed by atoms with Gasteiger partial charge in [0, 0.05) is 17.0 Å². The Balaban J connectivity index is 1.69. The summed E-state index contributed by atoms with van der Waals surface area (Å²) in [7, 11) is 0.995.